The summed E-state index contributed by atoms with van der Waals surface area (Å²) in [5, 5.41) is 5.62. The molecule has 142 valence electrons. The van der Waals surface area contributed by atoms with Crippen LogP contribution in [0.1, 0.15) is 11.1 Å². The third-order valence-corrected chi connectivity index (χ3v) is 5.72. The van der Waals surface area contributed by atoms with Crippen molar-refractivity contribution in [3.05, 3.63) is 70.3 Å². The largest absolute Gasteiger partial charge is 0.484 e. The van der Waals surface area contributed by atoms with E-state index in [1.54, 1.807) is 11.3 Å². The van der Waals surface area contributed by atoms with Gasteiger partial charge in [0.05, 0.1) is 11.4 Å². The van der Waals surface area contributed by atoms with Crippen molar-refractivity contribution in [2.24, 2.45) is 0 Å². The lowest BCUT2D eigenvalue weighted by Crippen LogP contribution is -2.20. The SMILES string of the molecule is Cc1cc(OCC(=O)Nc2ccccc2-c2cn3ccsc3n2)cc(C)c1Cl. The fraction of sp³-hybridized carbons (Fsp3) is 0.143. The van der Waals surface area contributed by atoms with Gasteiger partial charge in [0.15, 0.2) is 11.6 Å². The second-order valence-corrected chi connectivity index (χ2v) is 7.72. The molecule has 0 aliphatic heterocycles. The van der Waals surface area contributed by atoms with Gasteiger partial charge in [-0.3, -0.25) is 9.20 Å². The molecular weight excluding hydrogens is 394 g/mol. The van der Waals surface area contributed by atoms with Crippen molar-refractivity contribution in [1.82, 2.24) is 9.38 Å². The molecule has 0 aliphatic rings. The highest BCUT2D eigenvalue weighted by Gasteiger charge is 2.13. The number of rotatable bonds is 5. The number of carbonyl (C=O) groups excluding carboxylic acids is 1. The lowest BCUT2D eigenvalue weighted by atomic mass is 10.1. The minimum atomic E-state index is -0.237. The Morgan fingerprint density at radius 1 is 1.25 bits per heavy atom. The summed E-state index contributed by atoms with van der Waals surface area (Å²) in [5.74, 6) is 0.385. The minimum Gasteiger partial charge on any atom is -0.484 e. The molecule has 1 amide bonds. The van der Waals surface area contributed by atoms with Crippen molar-refractivity contribution in [2.75, 3.05) is 11.9 Å². The van der Waals surface area contributed by atoms with E-state index in [0.717, 1.165) is 27.3 Å². The number of hydrogen-bond acceptors (Lipinski definition) is 4. The first-order valence-corrected chi connectivity index (χ1v) is 9.98. The lowest BCUT2D eigenvalue weighted by molar-refractivity contribution is -0.118. The number of imidazole rings is 1. The molecule has 4 rings (SSSR count). The van der Waals surface area contributed by atoms with Crippen molar-refractivity contribution in [1.29, 1.82) is 0 Å². The van der Waals surface area contributed by atoms with Gasteiger partial charge in [-0.05, 0) is 43.2 Å². The van der Waals surface area contributed by atoms with Crippen molar-refractivity contribution >= 4 is 39.5 Å². The van der Waals surface area contributed by atoms with Gasteiger partial charge in [0.25, 0.3) is 5.91 Å². The van der Waals surface area contributed by atoms with Crippen LogP contribution >= 0.6 is 22.9 Å². The van der Waals surface area contributed by atoms with Crippen LogP contribution in [0.2, 0.25) is 5.02 Å². The molecule has 2 aromatic heterocycles. The van der Waals surface area contributed by atoms with E-state index in [2.05, 4.69) is 10.3 Å². The number of ether oxygens (including phenoxy) is 1. The monoisotopic (exact) mass is 411 g/mol. The predicted octanol–water partition coefficient (Wildman–Crippen LogP) is 5.35. The molecule has 0 unspecified atom stereocenters. The normalized spacial score (nSPS) is 11.0. The van der Waals surface area contributed by atoms with Crippen LogP contribution in [0.4, 0.5) is 5.69 Å². The number of anilines is 1. The van der Waals surface area contributed by atoms with E-state index in [1.165, 1.54) is 0 Å². The molecule has 2 heterocycles. The van der Waals surface area contributed by atoms with Gasteiger partial charge in [-0.25, -0.2) is 4.98 Å². The molecule has 5 nitrogen and oxygen atoms in total. The number of aryl methyl sites for hydroxylation is 2. The molecule has 0 fully saturated rings. The maximum absolute atomic E-state index is 12.4. The van der Waals surface area contributed by atoms with Crippen LogP contribution in [0.25, 0.3) is 16.2 Å². The van der Waals surface area contributed by atoms with E-state index in [0.29, 0.717) is 16.5 Å². The molecule has 28 heavy (non-hydrogen) atoms. The summed E-state index contributed by atoms with van der Waals surface area (Å²) < 4.78 is 7.61. The van der Waals surface area contributed by atoms with Gasteiger partial charge in [0.1, 0.15) is 5.75 Å². The highest BCUT2D eigenvalue weighted by Crippen LogP contribution is 2.29. The second-order valence-electron chi connectivity index (χ2n) is 6.47. The number of para-hydroxylation sites is 1. The number of hydrogen-bond donors (Lipinski definition) is 1. The van der Waals surface area contributed by atoms with Crippen LogP contribution in [0.5, 0.6) is 5.75 Å². The quantitative estimate of drug-likeness (QED) is 0.481. The van der Waals surface area contributed by atoms with Crippen LogP contribution in [0.3, 0.4) is 0 Å². The molecule has 0 spiro atoms. The van der Waals surface area contributed by atoms with Crippen LogP contribution in [0.15, 0.2) is 54.2 Å². The highest BCUT2D eigenvalue weighted by molar-refractivity contribution is 7.15. The van der Waals surface area contributed by atoms with Crippen molar-refractivity contribution in [3.63, 3.8) is 0 Å². The summed E-state index contributed by atoms with van der Waals surface area (Å²) in [4.78, 5) is 18.0. The molecule has 4 aromatic rings. The van der Waals surface area contributed by atoms with Crippen LogP contribution in [-0.4, -0.2) is 21.9 Å². The molecule has 0 saturated carbocycles. The fourth-order valence-electron chi connectivity index (χ4n) is 3.00. The van der Waals surface area contributed by atoms with Gasteiger partial charge >= 0.3 is 0 Å². The minimum absolute atomic E-state index is 0.0902. The molecule has 7 heteroatoms. The molecule has 2 aromatic carbocycles. The van der Waals surface area contributed by atoms with Gasteiger partial charge in [-0.1, -0.05) is 29.8 Å². The molecule has 0 aliphatic carbocycles. The molecule has 0 bridgehead atoms. The van der Waals surface area contributed by atoms with E-state index in [1.807, 2.05) is 72.4 Å². The Kier molecular flexibility index (Phi) is 5.07. The summed E-state index contributed by atoms with van der Waals surface area (Å²) in [6.07, 6.45) is 3.91. The van der Waals surface area contributed by atoms with Crippen LogP contribution in [0, 0.1) is 13.8 Å². The van der Waals surface area contributed by atoms with Gasteiger partial charge in [0, 0.05) is 28.4 Å². The zero-order valence-corrected chi connectivity index (χ0v) is 17.0. The summed E-state index contributed by atoms with van der Waals surface area (Å²) >= 11 is 7.74. The van der Waals surface area contributed by atoms with Crippen LogP contribution < -0.4 is 10.1 Å². The Labute approximate surface area is 171 Å². The molecule has 0 atom stereocenters. The zero-order chi connectivity index (χ0) is 19.7. The Morgan fingerprint density at radius 2 is 2.00 bits per heavy atom. The number of halogens is 1. The summed E-state index contributed by atoms with van der Waals surface area (Å²) in [7, 11) is 0. The first-order chi connectivity index (χ1) is 13.5. The Hall–Kier alpha value is -2.83. The van der Waals surface area contributed by atoms with Crippen molar-refractivity contribution in [3.8, 4) is 17.0 Å². The van der Waals surface area contributed by atoms with Crippen LogP contribution in [-0.2, 0) is 4.79 Å². The third kappa shape index (κ3) is 3.74. The molecular formula is C21H18ClN3O2S. The van der Waals surface area contributed by atoms with Gasteiger partial charge in [-0.15, -0.1) is 11.3 Å². The maximum Gasteiger partial charge on any atom is 0.262 e. The number of aromatic nitrogens is 2. The first-order valence-electron chi connectivity index (χ1n) is 8.72. The summed E-state index contributed by atoms with van der Waals surface area (Å²) in [5.41, 5.74) is 4.22. The van der Waals surface area contributed by atoms with E-state index in [4.69, 9.17) is 16.3 Å². The Bertz CT molecular complexity index is 1110. The number of nitrogens with zero attached hydrogens (tertiary/aromatic N) is 2. The smallest absolute Gasteiger partial charge is 0.262 e. The van der Waals surface area contributed by atoms with E-state index >= 15 is 0 Å². The Balaban J connectivity index is 1.48. The van der Waals surface area contributed by atoms with E-state index in [9.17, 15) is 4.79 Å². The molecule has 0 radical (unpaired) electrons. The number of carbonyl (C=O) groups is 1. The summed E-state index contributed by atoms with van der Waals surface area (Å²) in [6, 6.07) is 11.3. The fourth-order valence-corrected chi connectivity index (χ4v) is 3.81. The second kappa shape index (κ2) is 7.66. The number of amides is 1. The standard InChI is InChI=1S/C21H18ClN3O2S/c1-13-9-15(10-14(2)20(13)22)27-12-19(26)23-17-6-4-3-5-16(17)18-11-25-7-8-28-21(25)24-18/h3-11H,12H2,1-2H3,(H,23,26). The van der Waals surface area contributed by atoms with Crippen molar-refractivity contribution < 1.29 is 9.53 Å². The van der Waals surface area contributed by atoms with Crippen molar-refractivity contribution in [2.45, 2.75) is 13.8 Å². The predicted molar refractivity (Wildman–Crippen MR) is 114 cm³/mol. The van der Waals surface area contributed by atoms with E-state index in [-0.39, 0.29) is 12.5 Å². The topological polar surface area (TPSA) is 55.6 Å². The lowest BCUT2D eigenvalue weighted by Gasteiger charge is -2.12. The zero-order valence-electron chi connectivity index (χ0n) is 15.4. The molecule has 0 saturated heterocycles. The third-order valence-electron chi connectivity index (χ3n) is 4.35. The Morgan fingerprint density at radius 3 is 2.75 bits per heavy atom. The number of fused-ring (bicyclic) bond motifs is 1. The van der Waals surface area contributed by atoms with Gasteiger partial charge in [-0.2, -0.15) is 0 Å². The van der Waals surface area contributed by atoms with E-state index < -0.39 is 0 Å². The molecule has 1 N–H and O–H groups in total. The highest BCUT2D eigenvalue weighted by atomic mass is 35.5. The number of thiazole rings is 1. The first kappa shape index (κ1) is 18.5. The number of benzene rings is 2. The van der Waals surface area contributed by atoms with Gasteiger partial charge in [0.2, 0.25) is 0 Å². The average Bonchev–Trinajstić information content (AvgIpc) is 3.27. The van der Waals surface area contributed by atoms with Gasteiger partial charge < -0.3 is 10.1 Å². The summed E-state index contributed by atoms with van der Waals surface area (Å²) in [6.45, 7) is 3.73. The number of nitrogens with one attached hydrogen (secondary N) is 1. The maximum atomic E-state index is 12.4. The average molecular weight is 412 g/mol.